The van der Waals surface area contributed by atoms with Crippen molar-refractivity contribution < 1.29 is 14.3 Å². The van der Waals surface area contributed by atoms with Gasteiger partial charge in [0.25, 0.3) is 0 Å². The standard InChI is InChI=1S/C13H24N2O3/c1-13(12(14)16,15-10-3-4-10)6-2-7-18-11-5-8-17-9-11/h10-11,15H,2-9H2,1H3,(H2,14,16). The van der Waals surface area contributed by atoms with E-state index in [1.165, 1.54) is 0 Å². The van der Waals surface area contributed by atoms with Gasteiger partial charge >= 0.3 is 0 Å². The molecule has 1 saturated heterocycles. The van der Waals surface area contributed by atoms with Crippen LogP contribution in [-0.2, 0) is 14.3 Å². The molecule has 5 heteroatoms. The van der Waals surface area contributed by atoms with Crippen LogP contribution < -0.4 is 11.1 Å². The Morgan fingerprint density at radius 2 is 2.28 bits per heavy atom. The fourth-order valence-corrected chi connectivity index (χ4v) is 2.26. The maximum atomic E-state index is 11.5. The minimum absolute atomic E-state index is 0.237. The molecule has 2 unspecified atom stereocenters. The van der Waals surface area contributed by atoms with Crippen molar-refractivity contribution in [2.45, 2.75) is 56.7 Å². The first kappa shape index (κ1) is 13.8. The van der Waals surface area contributed by atoms with E-state index in [9.17, 15) is 4.79 Å². The molecule has 104 valence electrons. The molecule has 2 fully saturated rings. The van der Waals surface area contributed by atoms with Crippen LogP contribution in [0.3, 0.4) is 0 Å². The lowest BCUT2D eigenvalue weighted by Gasteiger charge is -2.27. The van der Waals surface area contributed by atoms with E-state index < -0.39 is 5.54 Å². The highest BCUT2D eigenvalue weighted by Gasteiger charge is 2.36. The van der Waals surface area contributed by atoms with Crippen LogP contribution in [0.2, 0.25) is 0 Å². The van der Waals surface area contributed by atoms with Gasteiger partial charge in [0.05, 0.1) is 18.2 Å². The summed E-state index contributed by atoms with van der Waals surface area (Å²) < 4.78 is 10.9. The van der Waals surface area contributed by atoms with Crippen LogP contribution >= 0.6 is 0 Å². The van der Waals surface area contributed by atoms with Gasteiger partial charge in [-0.3, -0.25) is 4.79 Å². The molecule has 0 spiro atoms. The number of ether oxygens (including phenoxy) is 2. The van der Waals surface area contributed by atoms with Gasteiger partial charge in [-0.25, -0.2) is 0 Å². The van der Waals surface area contributed by atoms with Crippen LogP contribution in [0, 0.1) is 0 Å². The van der Waals surface area contributed by atoms with Crippen molar-refractivity contribution in [3.8, 4) is 0 Å². The lowest BCUT2D eigenvalue weighted by atomic mass is 9.95. The topological polar surface area (TPSA) is 73.6 Å². The molecule has 1 saturated carbocycles. The van der Waals surface area contributed by atoms with E-state index in [0.717, 1.165) is 38.7 Å². The molecule has 18 heavy (non-hydrogen) atoms. The van der Waals surface area contributed by atoms with Crippen molar-refractivity contribution in [1.82, 2.24) is 5.32 Å². The zero-order valence-corrected chi connectivity index (χ0v) is 11.1. The minimum atomic E-state index is -0.587. The molecule has 0 aromatic rings. The molecule has 3 N–H and O–H groups in total. The molecule has 0 aromatic heterocycles. The first-order valence-corrected chi connectivity index (χ1v) is 6.87. The van der Waals surface area contributed by atoms with E-state index >= 15 is 0 Å². The quantitative estimate of drug-likeness (QED) is 0.623. The average Bonchev–Trinajstić information content (AvgIpc) is 2.97. The Labute approximate surface area is 108 Å². The summed E-state index contributed by atoms with van der Waals surface area (Å²) >= 11 is 0. The van der Waals surface area contributed by atoms with Crippen molar-refractivity contribution in [2.75, 3.05) is 19.8 Å². The number of nitrogens with one attached hydrogen (secondary N) is 1. The first-order valence-electron chi connectivity index (χ1n) is 6.87. The zero-order valence-electron chi connectivity index (χ0n) is 11.1. The maximum absolute atomic E-state index is 11.5. The number of primary amides is 1. The SMILES string of the molecule is CC(CCCOC1CCOC1)(NC1CC1)C(N)=O. The van der Waals surface area contributed by atoms with Gasteiger partial charge in [-0.1, -0.05) is 0 Å². The summed E-state index contributed by atoms with van der Waals surface area (Å²) in [6.45, 7) is 4.07. The van der Waals surface area contributed by atoms with Gasteiger partial charge in [-0.05, 0) is 39.0 Å². The van der Waals surface area contributed by atoms with Crippen LogP contribution in [0.1, 0.15) is 39.0 Å². The number of carbonyl (C=O) groups is 1. The minimum Gasteiger partial charge on any atom is -0.379 e. The zero-order chi connectivity index (χ0) is 13.0. The number of hydrogen-bond donors (Lipinski definition) is 2. The second kappa shape index (κ2) is 5.99. The summed E-state index contributed by atoms with van der Waals surface area (Å²) in [5, 5.41) is 3.34. The molecule has 1 amide bonds. The van der Waals surface area contributed by atoms with E-state index in [0.29, 0.717) is 19.3 Å². The second-order valence-corrected chi connectivity index (χ2v) is 5.57. The predicted molar refractivity (Wildman–Crippen MR) is 68.2 cm³/mol. The molecule has 2 atom stereocenters. The lowest BCUT2D eigenvalue weighted by molar-refractivity contribution is -0.124. The van der Waals surface area contributed by atoms with Crippen molar-refractivity contribution in [2.24, 2.45) is 5.73 Å². The summed E-state index contributed by atoms with van der Waals surface area (Å²) in [5.74, 6) is -0.265. The number of carbonyl (C=O) groups excluding carboxylic acids is 1. The molecular weight excluding hydrogens is 232 g/mol. The van der Waals surface area contributed by atoms with Crippen molar-refractivity contribution in [3.05, 3.63) is 0 Å². The molecule has 5 nitrogen and oxygen atoms in total. The highest BCUT2D eigenvalue weighted by Crippen LogP contribution is 2.24. The van der Waals surface area contributed by atoms with Gasteiger partial charge in [0, 0.05) is 19.3 Å². The highest BCUT2D eigenvalue weighted by atomic mass is 16.5. The van der Waals surface area contributed by atoms with Crippen LogP contribution in [0.25, 0.3) is 0 Å². The third-order valence-corrected chi connectivity index (χ3v) is 3.71. The fourth-order valence-electron chi connectivity index (χ4n) is 2.26. The Bertz CT molecular complexity index is 288. The Hall–Kier alpha value is -0.650. The number of nitrogens with two attached hydrogens (primary N) is 1. The van der Waals surface area contributed by atoms with E-state index in [2.05, 4.69) is 5.32 Å². The summed E-state index contributed by atoms with van der Waals surface area (Å²) in [7, 11) is 0. The van der Waals surface area contributed by atoms with Crippen LogP contribution in [0.4, 0.5) is 0 Å². The largest absolute Gasteiger partial charge is 0.379 e. The average molecular weight is 256 g/mol. The Kier molecular flexibility index (Phi) is 4.59. The van der Waals surface area contributed by atoms with Crippen LogP contribution in [-0.4, -0.2) is 43.4 Å². The molecule has 2 aliphatic rings. The summed E-state index contributed by atoms with van der Waals surface area (Å²) in [4.78, 5) is 11.5. The molecule has 0 aromatic carbocycles. The maximum Gasteiger partial charge on any atom is 0.237 e. The van der Waals surface area contributed by atoms with E-state index in [1.54, 1.807) is 0 Å². The van der Waals surface area contributed by atoms with Gasteiger partial charge in [-0.2, -0.15) is 0 Å². The van der Waals surface area contributed by atoms with Gasteiger partial charge < -0.3 is 20.5 Å². The predicted octanol–water partition coefficient (Wildman–Crippen LogP) is 0.568. The van der Waals surface area contributed by atoms with Gasteiger partial charge in [0.2, 0.25) is 5.91 Å². The molecule has 2 rings (SSSR count). The monoisotopic (exact) mass is 256 g/mol. The lowest BCUT2D eigenvalue weighted by Crippen LogP contribution is -2.54. The third-order valence-electron chi connectivity index (χ3n) is 3.71. The van der Waals surface area contributed by atoms with E-state index in [-0.39, 0.29) is 12.0 Å². The highest BCUT2D eigenvalue weighted by molar-refractivity contribution is 5.84. The van der Waals surface area contributed by atoms with Crippen LogP contribution in [0.5, 0.6) is 0 Å². The number of rotatable bonds is 8. The van der Waals surface area contributed by atoms with Crippen molar-refractivity contribution in [3.63, 3.8) is 0 Å². The number of amides is 1. The Morgan fingerprint density at radius 3 is 2.83 bits per heavy atom. The van der Waals surface area contributed by atoms with Gasteiger partial charge in [-0.15, -0.1) is 0 Å². The van der Waals surface area contributed by atoms with E-state index in [4.69, 9.17) is 15.2 Å². The molecule has 1 heterocycles. The first-order chi connectivity index (χ1) is 8.60. The summed E-state index contributed by atoms with van der Waals surface area (Å²) in [6, 6.07) is 0.478. The van der Waals surface area contributed by atoms with Crippen molar-refractivity contribution in [1.29, 1.82) is 0 Å². The van der Waals surface area contributed by atoms with Gasteiger partial charge in [0.1, 0.15) is 0 Å². The normalized spacial score (nSPS) is 27.1. The summed E-state index contributed by atoms with van der Waals surface area (Å²) in [6.07, 6.45) is 5.09. The molecular formula is C13H24N2O3. The molecule has 1 aliphatic heterocycles. The third kappa shape index (κ3) is 3.93. The smallest absolute Gasteiger partial charge is 0.237 e. The summed E-state index contributed by atoms with van der Waals surface area (Å²) in [5.41, 5.74) is 4.90. The second-order valence-electron chi connectivity index (χ2n) is 5.57. The number of hydrogen-bond acceptors (Lipinski definition) is 4. The molecule has 0 bridgehead atoms. The molecule has 0 radical (unpaired) electrons. The van der Waals surface area contributed by atoms with Gasteiger partial charge in [0.15, 0.2) is 0 Å². The Morgan fingerprint density at radius 1 is 1.50 bits per heavy atom. The molecule has 1 aliphatic carbocycles. The Balaban J connectivity index is 1.66. The fraction of sp³-hybridized carbons (Fsp3) is 0.923. The van der Waals surface area contributed by atoms with Crippen LogP contribution in [0.15, 0.2) is 0 Å². The van der Waals surface area contributed by atoms with E-state index in [1.807, 2.05) is 6.92 Å². The van der Waals surface area contributed by atoms with Crippen molar-refractivity contribution >= 4 is 5.91 Å².